The first-order chi connectivity index (χ1) is 7.77. The summed E-state index contributed by atoms with van der Waals surface area (Å²) in [7, 11) is 0. The van der Waals surface area contributed by atoms with Crippen LogP contribution in [0.2, 0.25) is 0 Å². The van der Waals surface area contributed by atoms with Crippen LogP contribution in [-0.2, 0) is 4.79 Å². The first-order valence-corrected chi connectivity index (χ1v) is 6.17. The molecule has 8 heteroatoms. The van der Waals surface area contributed by atoms with Crippen molar-refractivity contribution in [3.05, 3.63) is 14.7 Å². The van der Waals surface area contributed by atoms with Crippen LogP contribution in [0.4, 0.5) is 10.2 Å². The van der Waals surface area contributed by atoms with Crippen molar-refractivity contribution < 1.29 is 14.1 Å². The molecule has 0 saturated carbocycles. The fourth-order valence-electron chi connectivity index (χ4n) is 0.958. The molecule has 0 saturated heterocycles. The van der Waals surface area contributed by atoms with Crippen LogP contribution in [0.1, 0.15) is 23.5 Å². The van der Waals surface area contributed by atoms with Crippen molar-refractivity contribution in [3.63, 3.8) is 0 Å². The van der Waals surface area contributed by atoms with E-state index in [1.54, 1.807) is 0 Å². The third-order valence-electron chi connectivity index (χ3n) is 1.98. The van der Waals surface area contributed by atoms with E-state index in [0.717, 1.165) is 11.3 Å². The Bertz CT molecular complexity index is 461. The number of hydrogen-bond donors (Lipinski definition) is 3. The van der Waals surface area contributed by atoms with E-state index < -0.39 is 17.4 Å². The fraction of sp³-hybridized carbons (Fsp3) is 0.333. The number of carbonyl (C=O) groups is 2. The van der Waals surface area contributed by atoms with E-state index in [-0.39, 0.29) is 10.6 Å². The zero-order chi connectivity index (χ0) is 13.2. The maximum absolute atomic E-state index is 12.4. The van der Waals surface area contributed by atoms with Gasteiger partial charge in [0.05, 0.1) is 9.47 Å². The molecule has 1 rings (SSSR count). The van der Waals surface area contributed by atoms with E-state index in [9.17, 15) is 14.1 Å². The highest BCUT2D eigenvalue weighted by atomic mass is 79.9. The number of rotatable bonds is 4. The largest absolute Gasteiger partial charge is 0.365 e. The van der Waals surface area contributed by atoms with Gasteiger partial charge in [-0.25, -0.2) is 0 Å². The first kappa shape index (κ1) is 14.1. The standard InChI is InChI=1S/C9H11BrFN3O2S/c1-9(2,14-11)8(16)13-4-3-5(10)17-6(4)7(12)15/h3,14H,1-2H3,(H2,12,15)(H,13,16). The molecule has 2 amide bonds. The Morgan fingerprint density at radius 3 is 2.59 bits per heavy atom. The Balaban J connectivity index is 2.96. The van der Waals surface area contributed by atoms with Gasteiger partial charge in [-0.1, -0.05) is 0 Å². The Kier molecular flexibility index (Phi) is 4.23. The summed E-state index contributed by atoms with van der Waals surface area (Å²) in [6.07, 6.45) is 0. The van der Waals surface area contributed by atoms with E-state index in [2.05, 4.69) is 21.2 Å². The zero-order valence-corrected chi connectivity index (χ0v) is 11.5. The lowest BCUT2D eigenvalue weighted by Crippen LogP contribution is -2.46. The summed E-state index contributed by atoms with van der Waals surface area (Å²) in [5, 5.41) is 2.44. The molecule has 0 aromatic carbocycles. The molecule has 0 radical (unpaired) electrons. The maximum Gasteiger partial charge on any atom is 0.260 e. The second-order valence-electron chi connectivity index (χ2n) is 3.83. The molecule has 1 aromatic heterocycles. The van der Waals surface area contributed by atoms with Gasteiger partial charge in [0.2, 0.25) is 5.91 Å². The molecular weight excluding hydrogens is 313 g/mol. The predicted octanol–water partition coefficient (Wildman–Crippen LogP) is 1.80. The van der Waals surface area contributed by atoms with Crippen molar-refractivity contribution in [2.45, 2.75) is 19.4 Å². The molecule has 0 aliphatic rings. The molecule has 17 heavy (non-hydrogen) atoms. The van der Waals surface area contributed by atoms with Crippen molar-refractivity contribution in [1.82, 2.24) is 5.54 Å². The van der Waals surface area contributed by atoms with Crippen molar-refractivity contribution in [2.24, 2.45) is 5.73 Å². The van der Waals surface area contributed by atoms with Crippen LogP contribution in [0.25, 0.3) is 0 Å². The molecule has 0 spiro atoms. The van der Waals surface area contributed by atoms with Crippen LogP contribution < -0.4 is 16.6 Å². The van der Waals surface area contributed by atoms with Gasteiger partial charge in [-0.05, 0) is 35.8 Å². The number of carbonyl (C=O) groups excluding carboxylic acids is 2. The number of primary amides is 1. The van der Waals surface area contributed by atoms with Crippen molar-refractivity contribution in [1.29, 1.82) is 0 Å². The van der Waals surface area contributed by atoms with Crippen LogP contribution >= 0.6 is 27.3 Å². The van der Waals surface area contributed by atoms with Crippen molar-refractivity contribution in [2.75, 3.05) is 5.32 Å². The molecule has 1 heterocycles. The second-order valence-corrected chi connectivity index (χ2v) is 6.26. The van der Waals surface area contributed by atoms with E-state index in [1.807, 2.05) is 0 Å². The average Bonchev–Trinajstić information content (AvgIpc) is 2.59. The summed E-state index contributed by atoms with van der Waals surface area (Å²) < 4.78 is 13.0. The normalized spacial score (nSPS) is 11.3. The van der Waals surface area contributed by atoms with Gasteiger partial charge in [0.25, 0.3) is 5.91 Å². The van der Waals surface area contributed by atoms with Gasteiger partial charge >= 0.3 is 0 Å². The summed E-state index contributed by atoms with van der Waals surface area (Å²) >= 11 is 4.27. The predicted molar refractivity (Wildman–Crippen MR) is 67.5 cm³/mol. The van der Waals surface area contributed by atoms with Crippen LogP contribution in [-0.4, -0.2) is 17.4 Å². The summed E-state index contributed by atoms with van der Waals surface area (Å²) in [5.41, 5.74) is 5.42. The minimum absolute atomic E-state index is 0.208. The Morgan fingerprint density at radius 1 is 1.53 bits per heavy atom. The van der Waals surface area contributed by atoms with Crippen LogP contribution in [0.5, 0.6) is 0 Å². The van der Waals surface area contributed by atoms with Crippen molar-refractivity contribution >= 4 is 44.8 Å². The highest BCUT2D eigenvalue weighted by Crippen LogP contribution is 2.31. The third-order valence-corrected chi connectivity index (χ3v) is 3.63. The summed E-state index contributed by atoms with van der Waals surface area (Å²) in [4.78, 5) is 23.0. The number of nitrogens with one attached hydrogen (secondary N) is 2. The minimum atomic E-state index is -1.39. The smallest absolute Gasteiger partial charge is 0.260 e. The molecule has 0 fully saturated rings. The van der Waals surface area contributed by atoms with Gasteiger partial charge in [0.15, 0.2) is 0 Å². The second kappa shape index (κ2) is 5.11. The summed E-state index contributed by atoms with van der Waals surface area (Å²) in [6, 6.07) is 1.54. The van der Waals surface area contributed by atoms with Crippen molar-refractivity contribution in [3.8, 4) is 0 Å². The number of anilines is 1. The molecule has 0 atom stereocenters. The van der Waals surface area contributed by atoms with Gasteiger partial charge < -0.3 is 11.1 Å². The van der Waals surface area contributed by atoms with Crippen LogP contribution in [0.3, 0.4) is 0 Å². The average molecular weight is 324 g/mol. The molecule has 94 valence electrons. The molecule has 4 N–H and O–H groups in total. The Hall–Kier alpha value is -0.990. The molecule has 5 nitrogen and oxygen atoms in total. The Labute approximate surface area is 110 Å². The minimum Gasteiger partial charge on any atom is -0.365 e. The summed E-state index contributed by atoms with van der Waals surface area (Å²) in [6.45, 7) is 2.74. The van der Waals surface area contributed by atoms with Gasteiger partial charge in [-0.15, -0.1) is 21.4 Å². The molecule has 0 aliphatic heterocycles. The molecule has 0 bridgehead atoms. The highest BCUT2D eigenvalue weighted by molar-refractivity contribution is 9.11. The van der Waals surface area contributed by atoms with Gasteiger partial charge in [0.1, 0.15) is 10.4 Å². The monoisotopic (exact) mass is 323 g/mol. The molecule has 1 aromatic rings. The lowest BCUT2D eigenvalue weighted by atomic mass is 10.1. The van der Waals surface area contributed by atoms with E-state index >= 15 is 0 Å². The Morgan fingerprint density at radius 2 is 2.12 bits per heavy atom. The van der Waals surface area contributed by atoms with E-state index in [0.29, 0.717) is 3.79 Å². The quantitative estimate of drug-likeness (QED) is 0.739. The topological polar surface area (TPSA) is 84.2 Å². The first-order valence-electron chi connectivity index (χ1n) is 4.56. The third kappa shape index (κ3) is 3.24. The van der Waals surface area contributed by atoms with Gasteiger partial charge in [0, 0.05) is 0 Å². The fourth-order valence-corrected chi connectivity index (χ4v) is 2.37. The van der Waals surface area contributed by atoms with Gasteiger partial charge in [-0.3, -0.25) is 9.59 Å². The number of hydrogen-bond acceptors (Lipinski definition) is 4. The lowest BCUT2D eigenvalue weighted by molar-refractivity contribution is -0.123. The SMILES string of the molecule is CC(C)(NF)C(=O)Nc1cc(Br)sc1C(N)=O. The number of thiophene rings is 1. The highest BCUT2D eigenvalue weighted by Gasteiger charge is 2.29. The van der Waals surface area contributed by atoms with Crippen LogP contribution in [0, 0.1) is 0 Å². The number of amides is 2. The zero-order valence-electron chi connectivity index (χ0n) is 9.14. The molecule has 0 unspecified atom stereocenters. The maximum atomic E-state index is 12.4. The van der Waals surface area contributed by atoms with Crippen LogP contribution in [0.15, 0.2) is 9.85 Å². The molecular formula is C9H11BrFN3O2S. The number of halogens is 2. The van der Waals surface area contributed by atoms with E-state index in [1.165, 1.54) is 25.5 Å². The number of nitrogens with two attached hydrogens (primary N) is 1. The summed E-state index contributed by atoms with van der Waals surface area (Å²) in [5.74, 6) is -1.25. The van der Waals surface area contributed by atoms with Gasteiger partial charge in [-0.2, -0.15) is 0 Å². The lowest BCUT2D eigenvalue weighted by Gasteiger charge is -2.19. The molecule has 0 aliphatic carbocycles. The van der Waals surface area contributed by atoms with E-state index in [4.69, 9.17) is 5.73 Å².